The van der Waals surface area contributed by atoms with Gasteiger partial charge in [0.25, 0.3) is 5.91 Å². The van der Waals surface area contributed by atoms with Gasteiger partial charge in [-0.05, 0) is 12.1 Å². The van der Waals surface area contributed by atoms with Crippen LogP contribution in [-0.2, 0) is 5.41 Å². The Kier molecular flexibility index (Phi) is 3.75. The molecule has 0 aliphatic rings. The molecular formula is C14H18N6O. The van der Waals surface area contributed by atoms with E-state index in [0.717, 1.165) is 5.69 Å². The molecule has 2 heterocycles. The second-order valence-electron chi connectivity index (χ2n) is 5.68. The number of pyridine rings is 1. The first-order valence-electron chi connectivity index (χ1n) is 6.45. The fourth-order valence-corrected chi connectivity index (χ4v) is 1.74. The second kappa shape index (κ2) is 5.35. The highest BCUT2D eigenvalue weighted by molar-refractivity contribution is 5.97. The van der Waals surface area contributed by atoms with Crippen LogP contribution >= 0.6 is 0 Å². The predicted molar refractivity (Wildman–Crippen MR) is 81.2 cm³/mol. The smallest absolute Gasteiger partial charge is 0.271 e. The average Bonchev–Trinajstić information content (AvgIpc) is 2.37. The first-order chi connectivity index (χ1) is 9.77. The number of nitrogens with two attached hydrogens (primary N) is 2. The Balaban J connectivity index is 2.39. The van der Waals surface area contributed by atoms with Crippen LogP contribution in [0.3, 0.4) is 0 Å². The zero-order valence-electron chi connectivity index (χ0n) is 12.2. The Bertz CT molecular complexity index is 677. The van der Waals surface area contributed by atoms with Gasteiger partial charge in [0, 0.05) is 17.2 Å². The highest BCUT2D eigenvalue weighted by Crippen LogP contribution is 2.24. The van der Waals surface area contributed by atoms with E-state index in [9.17, 15) is 4.79 Å². The highest BCUT2D eigenvalue weighted by atomic mass is 16.1. The van der Waals surface area contributed by atoms with Gasteiger partial charge in [0.2, 0.25) is 0 Å². The molecule has 0 radical (unpaired) electrons. The molecule has 2 rings (SSSR count). The Morgan fingerprint density at radius 3 is 2.57 bits per heavy atom. The van der Waals surface area contributed by atoms with E-state index in [1.54, 1.807) is 6.07 Å². The van der Waals surface area contributed by atoms with Gasteiger partial charge in [-0.15, -0.1) is 10.2 Å². The Morgan fingerprint density at radius 2 is 1.95 bits per heavy atom. The summed E-state index contributed by atoms with van der Waals surface area (Å²) in [4.78, 5) is 15.9. The molecule has 2 aromatic heterocycles. The number of carbonyl (C=O) groups excluding carboxylic acids is 1. The molecule has 0 bridgehead atoms. The van der Waals surface area contributed by atoms with Gasteiger partial charge in [-0.25, -0.2) is 4.98 Å². The normalized spacial score (nSPS) is 11.2. The first-order valence-corrected chi connectivity index (χ1v) is 6.45. The number of primary amides is 1. The van der Waals surface area contributed by atoms with Crippen LogP contribution in [-0.4, -0.2) is 21.1 Å². The number of nitrogens with zero attached hydrogens (tertiary/aromatic N) is 3. The highest BCUT2D eigenvalue weighted by Gasteiger charge is 2.17. The molecule has 0 unspecified atom stereocenters. The van der Waals surface area contributed by atoms with Gasteiger partial charge in [-0.1, -0.05) is 26.8 Å². The summed E-state index contributed by atoms with van der Waals surface area (Å²) in [5.74, 6) is 0.0868. The SMILES string of the molecule is CC(C)(C)c1cccc(Nc2cc(N)nnc2C(N)=O)n1. The van der Waals surface area contributed by atoms with Gasteiger partial charge in [0.1, 0.15) is 11.6 Å². The van der Waals surface area contributed by atoms with E-state index in [4.69, 9.17) is 11.5 Å². The van der Waals surface area contributed by atoms with Crippen molar-refractivity contribution in [3.63, 3.8) is 0 Å². The van der Waals surface area contributed by atoms with Crippen LogP contribution in [0.1, 0.15) is 37.0 Å². The monoisotopic (exact) mass is 286 g/mol. The summed E-state index contributed by atoms with van der Waals surface area (Å²) < 4.78 is 0. The number of anilines is 3. The quantitative estimate of drug-likeness (QED) is 0.788. The summed E-state index contributed by atoms with van der Waals surface area (Å²) in [6.45, 7) is 6.21. The van der Waals surface area contributed by atoms with Crippen molar-refractivity contribution in [3.05, 3.63) is 35.7 Å². The minimum Gasteiger partial charge on any atom is -0.382 e. The van der Waals surface area contributed by atoms with Crippen molar-refractivity contribution in [1.29, 1.82) is 0 Å². The van der Waals surface area contributed by atoms with Crippen molar-refractivity contribution in [2.45, 2.75) is 26.2 Å². The fourth-order valence-electron chi connectivity index (χ4n) is 1.74. The van der Waals surface area contributed by atoms with Crippen LogP contribution in [0, 0.1) is 0 Å². The zero-order valence-corrected chi connectivity index (χ0v) is 12.2. The largest absolute Gasteiger partial charge is 0.382 e. The molecule has 2 aromatic rings. The molecule has 0 spiro atoms. The molecule has 1 amide bonds. The lowest BCUT2D eigenvalue weighted by molar-refractivity contribution is 0.0995. The summed E-state index contributed by atoms with van der Waals surface area (Å²) in [6, 6.07) is 7.12. The van der Waals surface area contributed by atoms with Gasteiger partial charge in [0.15, 0.2) is 5.69 Å². The van der Waals surface area contributed by atoms with Crippen LogP contribution in [0.25, 0.3) is 0 Å². The molecule has 0 saturated heterocycles. The summed E-state index contributed by atoms with van der Waals surface area (Å²) in [5, 5.41) is 10.3. The number of carbonyl (C=O) groups is 1. The number of amides is 1. The van der Waals surface area contributed by atoms with Crippen LogP contribution in [0.4, 0.5) is 17.3 Å². The van der Waals surface area contributed by atoms with E-state index in [1.807, 2.05) is 12.1 Å². The molecule has 0 aliphatic heterocycles. The average molecular weight is 286 g/mol. The minimum atomic E-state index is -0.683. The Morgan fingerprint density at radius 1 is 1.24 bits per heavy atom. The van der Waals surface area contributed by atoms with Crippen molar-refractivity contribution in [2.75, 3.05) is 11.1 Å². The zero-order chi connectivity index (χ0) is 15.6. The van der Waals surface area contributed by atoms with Gasteiger partial charge < -0.3 is 16.8 Å². The Labute approximate surface area is 122 Å². The van der Waals surface area contributed by atoms with Gasteiger partial charge in [0.05, 0.1) is 5.69 Å². The molecule has 0 aromatic carbocycles. The predicted octanol–water partition coefficient (Wildman–Crippen LogP) is 1.59. The van der Waals surface area contributed by atoms with Gasteiger partial charge in [-0.2, -0.15) is 0 Å². The van der Waals surface area contributed by atoms with Crippen LogP contribution < -0.4 is 16.8 Å². The van der Waals surface area contributed by atoms with E-state index >= 15 is 0 Å². The molecule has 7 heteroatoms. The molecule has 0 saturated carbocycles. The first kappa shape index (κ1) is 14.7. The van der Waals surface area contributed by atoms with Crippen molar-refractivity contribution in [3.8, 4) is 0 Å². The number of nitrogens with one attached hydrogen (secondary N) is 1. The summed E-state index contributed by atoms with van der Waals surface area (Å²) >= 11 is 0. The third kappa shape index (κ3) is 3.44. The van der Waals surface area contributed by atoms with Crippen LogP contribution in [0.15, 0.2) is 24.3 Å². The van der Waals surface area contributed by atoms with E-state index in [2.05, 4.69) is 41.3 Å². The lowest BCUT2D eigenvalue weighted by Crippen LogP contribution is -2.18. The van der Waals surface area contributed by atoms with E-state index in [-0.39, 0.29) is 16.9 Å². The number of hydrogen-bond donors (Lipinski definition) is 3. The van der Waals surface area contributed by atoms with E-state index in [0.29, 0.717) is 11.5 Å². The molecule has 7 nitrogen and oxygen atoms in total. The third-order valence-corrected chi connectivity index (χ3v) is 2.83. The summed E-state index contributed by atoms with van der Waals surface area (Å²) in [5.41, 5.74) is 12.1. The van der Waals surface area contributed by atoms with E-state index in [1.165, 1.54) is 6.07 Å². The molecule has 0 atom stereocenters. The Hall–Kier alpha value is -2.70. The summed E-state index contributed by atoms with van der Waals surface area (Å²) in [6.07, 6.45) is 0. The standard InChI is InChI=1S/C14H18N6O/c1-14(2,3)9-5-4-6-11(18-9)17-8-7-10(15)19-20-12(8)13(16)21/h4-7H,1-3H3,(H2,16,21)(H3,15,17,18,19). The molecule has 5 N–H and O–H groups in total. The van der Waals surface area contributed by atoms with Crippen LogP contribution in [0.5, 0.6) is 0 Å². The lowest BCUT2D eigenvalue weighted by atomic mass is 9.92. The molecular weight excluding hydrogens is 268 g/mol. The lowest BCUT2D eigenvalue weighted by Gasteiger charge is -2.18. The van der Waals surface area contributed by atoms with Crippen molar-refractivity contribution < 1.29 is 4.79 Å². The number of nitrogen functional groups attached to an aromatic ring is 1. The van der Waals surface area contributed by atoms with Gasteiger partial charge >= 0.3 is 0 Å². The number of hydrogen-bond acceptors (Lipinski definition) is 6. The number of aromatic nitrogens is 3. The second-order valence-corrected chi connectivity index (χ2v) is 5.68. The maximum atomic E-state index is 11.4. The molecule has 110 valence electrons. The van der Waals surface area contributed by atoms with Gasteiger partial charge in [-0.3, -0.25) is 4.79 Å². The van der Waals surface area contributed by atoms with E-state index < -0.39 is 5.91 Å². The molecule has 21 heavy (non-hydrogen) atoms. The third-order valence-electron chi connectivity index (χ3n) is 2.83. The van der Waals surface area contributed by atoms with Crippen molar-refractivity contribution >= 4 is 23.2 Å². The number of rotatable bonds is 3. The van der Waals surface area contributed by atoms with Crippen molar-refractivity contribution in [1.82, 2.24) is 15.2 Å². The van der Waals surface area contributed by atoms with Crippen molar-refractivity contribution in [2.24, 2.45) is 5.73 Å². The summed E-state index contributed by atoms with van der Waals surface area (Å²) in [7, 11) is 0. The minimum absolute atomic E-state index is 0.0205. The maximum Gasteiger partial charge on any atom is 0.271 e. The topological polar surface area (TPSA) is 120 Å². The fraction of sp³-hybridized carbons (Fsp3) is 0.286. The molecule has 0 aliphatic carbocycles. The van der Waals surface area contributed by atoms with Crippen LogP contribution in [0.2, 0.25) is 0 Å². The molecule has 0 fully saturated rings. The maximum absolute atomic E-state index is 11.4.